The van der Waals surface area contributed by atoms with Gasteiger partial charge in [-0.25, -0.2) is 13.2 Å². The normalized spacial score (nSPS) is 17.2. The lowest BCUT2D eigenvalue weighted by Crippen LogP contribution is -2.42. The van der Waals surface area contributed by atoms with E-state index in [9.17, 15) is 13.2 Å². The molecule has 0 bridgehead atoms. The van der Waals surface area contributed by atoms with Crippen molar-refractivity contribution in [3.05, 3.63) is 54.0 Å². The van der Waals surface area contributed by atoms with Crippen molar-refractivity contribution >= 4 is 15.9 Å². The topological polar surface area (TPSA) is 91.7 Å². The summed E-state index contributed by atoms with van der Waals surface area (Å²) in [7, 11) is -3.23. The largest absolute Gasteiger partial charge is 0.468 e. The molecule has 2 unspecified atom stereocenters. The Morgan fingerprint density at radius 2 is 1.86 bits per heavy atom. The molecule has 7 nitrogen and oxygen atoms in total. The third kappa shape index (κ3) is 5.14. The molecule has 2 amide bonds. The quantitative estimate of drug-likeness (QED) is 0.739. The Morgan fingerprint density at radius 1 is 1.18 bits per heavy atom. The van der Waals surface area contributed by atoms with Crippen molar-refractivity contribution in [1.82, 2.24) is 15.5 Å². The number of nitrogens with zero attached hydrogens (tertiary/aromatic N) is 1. The molecule has 1 aromatic heterocycles. The van der Waals surface area contributed by atoms with E-state index in [1.165, 1.54) is 6.26 Å². The molecule has 1 fully saturated rings. The fourth-order valence-electron chi connectivity index (χ4n) is 3.47. The Labute approximate surface area is 166 Å². The van der Waals surface area contributed by atoms with Crippen LogP contribution in [0, 0.1) is 0 Å². The van der Waals surface area contributed by atoms with Crippen LogP contribution in [0.5, 0.6) is 0 Å². The van der Waals surface area contributed by atoms with Gasteiger partial charge in [0, 0.05) is 12.8 Å². The van der Waals surface area contributed by atoms with Crippen molar-refractivity contribution in [1.29, 1.82) is 0 Å². The highest BCUT2D eigenvalue weighted by molar-refractivity contribution is 7.90. The third-order valence-corrected chi connectivity index (χ3v) is 6.19. The first-order valence-electron chi connectivity index (χ1n) is 9.46. The summed E-state index contributed by atoms with van der Waals surface area (Å²) in [6.07, 6.45) is 5.14. The van der Waals surface area contributed by atoms with Gasteiger partial charge in [-0.15, -0.1) is 0 Å². The molecule has 3 rings (SSSR count). The van der Waals surface area contributed by atoms with Crippen LogP contribution in [0.3, 0.4) is 0 Å². The lowest BCUT2D eigenvalue weighted by Gasteiger charge is -2.26. The summed E-state index contributed by atoms with van der Waals surface area (Å²) in [5.41, 5.74) is 0.838. The second-order valence-corrected chi connectivity index (χ2v) is 9.21. The van der Waals surface area contributed by atoms with Crippen molar-refractivity contribution in [2.45, 2.75) is 36.7 Å². The van der Waals surface area contributed by atoms with E-state index < -0.39 is 9.84 Å². The second kappa shape index (κ2) is 8.79. The highest BCUT2D eigenvalue weighted by atomic mass is 32.2. The van der Waals surface area contributed by atoms with E-state index in [1.807, 2.05) is 19.1 Å². The van der Waals surface area contributed by atoms with Crippen LogP contribution in [0.4, 0.5) is 4.79 Å². The number of hydrogen-bond acceptors (Lipinski definition) is 5. The summed E-state index contributed by atoms with van der Waals surface area (Å²) >= 11 is 0. The fourth-order valence-corrected chi connectivity index (χ4v) is 4.10. The molecule has 0 saturated carbocycles. The van der Waals surface area contributed by atoms with Crippen LogP contribution in [0.25, 0.3) is 0 Å². The van der Waals surface area contributed by atoms with E-state index in [1.54, 1.807) is 30.5 Å². The molecule has 1 aliphatic heterocycles. The number of sulfone groups is 1. The van der Waals surface area contributed by atoms with Gasteiger partial charge >= 0.3 is 6.03 Å². The van der Waals surface area contributed by atoms with Gasteiger partial charge in [0.05, 0.1) is 23.2 Å². The minimum Gasteiger partial charge on any atom is -0.468 e. The molecular formula is C20H27N3O4S. The molecule has 0 radical (unpaired) electrons. The number of amides is 2. The maximum Gasteiger partial charge on any atom is 0.315 e. The number of rotatable bonds is 7. The van der Waals surface area contributed by atoms with Crippen LogP contribution >= 0.6 is 0 Å². The molecule has 1 aliphatic rings. The molecule has 1 saturated heterocycles. The summed E-state index contributed by atoms with van der Waals surface area (Å²) < 4.78 is 28.7. The molecule has 1 aromatic carbocycles. The van der Waals surface area contributed by atoms with Gasteiger partial charge in [0.15, 0.2) is 9.84 Å². The van der Waals surface area contributed by atoms with Crippen LogP contribution in [-0.2, 0) is 9.84 Å². The van der Waals surface area contributed by atoms with Gasteiger partial charge < -0.3 is 15.1 Å². The van der Waals surface area contributed by atoms with Crippen LogP contribution in [0.1, 0.15) is 43.2 Å². The van der Waals surface area contributed by atoms with E-state index in [2.05, 4.69) is 15.5 Å². The second-order valence-electron chi connectivity index (χ2n) is 7.19. The summed E-state index contributed by atoms with van der Waals surface area (Å²) in [6.45, 7) is 4.31. The van der Waals surface area contributed by atoms with Gasteiger partial charge in [-0.2, -0.15) is 0 Å². The smallest absolute Gasteiger partial charge is 0.315 e. The Hall–Kier alpha value is -2.32. The van der Waals surface area contributed by atoms with Crippen LogP contribution < -0.4 is 10.6 Å². The minimum atomic E-state index is -3.23. The number of likely N-dealkylation sites (tertiary alicyclic amines) is 1. The Kier molecular flexibility index (Phi) is 6.41. The number of nitrogens with one attached hydrogen (secondary N) is 2. The zero-order chi connectivity index (χ0) is 20.1. The van der Waals surface area contributed by atoms with Crippen LogP contribution in [0.2, 0.25) is 0 Å². The maximum atomic E-state index is 12.4. The monoisotopic (exact) mass is 405 g/mol. The number of hydrogen-bond donors (Lipinski definition) is 2. The SMILES string of the molecule is CC(NC(=O)NCC(c1ccco1)N1CCCC1)c1ccc(S(C)(=O)=O)cc1. The van der Waals surface area contributed by atoms with E-state index >= 15 is 0 Å². The first-order valence-corrected chi connectivity index (χ1v) is 11.4. The summed E-state index contributed by atoms with van der Waals surface area (Å²) in [5, 5.41) is 5.83. The maximum absolute atomic E-state index is 12.4. The highest BCUT2D eigenvalue weighted by Crippen LogP contribution is 2.25. The molecule has 8 heteroatoms. The molecule has 2 aromatic rings. The van der Waals surface area contributed by atoms with Crippen LogP contribution in [0.15, 0.2) is 52.0 Å². The van der Waals surface area contributed by atoms with Gasteiger partial charge in [0.2, 0.25) is 0 Å². The molecule has 2 atom stereocenters. The number of urea groups is 1. The highest BCUT2D eigenvalue weighted by Gasteiger charge is 2.26. The first-order chi connectivity index (χ1) is 13.3. The van der Waals surface area contributed by atoms with Crippen molar-refractivity contribution < 1.29 is 17.6 Å². The van der Waals surface area contributed by atoms with E-state index in [0.717, 1.165) is 37.3 Å². The van der Waals surface area contributed by atoms with Gasteiger partial charge in [-0.05, 0) is 62.7 Å². The number of furan rings is 1. The number of benzene rings is 1. The zero-order valence-corrected chi connectivity index (χ0v) is 17.0. The third-order valence-electron chi connectivity index (χ3n) is 5.06. The van der Waals surface area contributed by atoms with Crippen molar-refractivity contribution in [2.75, 3.05) is 25.9 Å². The molecule has 2 N–H and O–H groups in total. The first kappa shape index (κ1) is 20.4. The van der Waals surface area contributed by atoms with E-state index in [-0.39, 0.29) is 23.0 Å². The minimum absolute atomic E-state index is 0.0209. The average molecular weight is 406 g/mol. The number of carbonyl (C=O) groups excluding carboxylic acids is 1. The Morgan fingerprint density at radius 3 is 2.43 bits per heavy atom. The summed E-state index contributed by atoms with van der Waals surface area (Å²) in [6, 6.07) is 9.86. The molecule has 152 valence electrons. The summed E-state index contributed by atoms with van der Waals surface area (Å²) in [5.74, 6) is 0.853. The van der Waals surface area contributed by atoms with Crippen molar-refractivity contribution in [2.24, 2.45) is 0 Å². The molecule has 2 heterocycles. The van der Waals surface area contributed by atoms with Gasteiger partial charge in [0.25, 0.3) is 0 Å². The van der Waals surface area contributed by atoms with Crippen molar-refractivity contribution in [3.63, 3.8) is 0 Å². The predicted molar refractivity (Wildman–Crippen MR) is 107 cm³/mol. The van der Waals surface area contributed by atoms with E-state index in [0.29, 0.717) is 6.54 Å². The van der Waals surface area contributed by atoms with Gasteiger partial charge in [-0.3, -0.25) is 4.90 Å². The fraction of sp³-hybridized carbons (Fsp3) is 0.450. The van der Waals surface area contributed by atoms with Crippen molar-refractivity contribution in [3.8, 4) is 0 Å². The molecule has 28 heavy (non-hydrogen) atoms. The summed E-state index contributed by atoms with van der Waals surface area (Å²) in [4.78, 5) is 15.0. The number of carbonyl (C=O) groups is 1. The molecule has 0 aliphatic carbocycles. The predicted octanol–water partition coefficient (Wildman–Crippen LogP) is 2.88. The average Bonchev–Trinajstić information content (AvgIpc) is 3.36. The standard InChI is InChI=1S/C20H27N3O4S/c1-15(16-7-9-17(10-8-16)28(2,25)26)22-20(24)21-14-18(19-6-5-13-27-19)23-11-3-4-12-23/h5-10,13,15,18H,3-4,11-12,14H2,1-2H3,(H2,21,22,24). The Balaban J connectivity index is 1.56. The lowest BCUT2D eigenvalue weighted by molar-refractivity contribution is 0.202. The van der Waals surface area contributed by atoms with E-state index in [4.69, 9.17) is 4.42 Å². The van der Waals surface area contributed by atoms with Gasteiger partial charge in [0.1, 0.15) is 5.76 Å². The zero-order valence-electron chi connectivity index (χ0n) is 16.2. The lowest BCUT2D eigenvalue weighted by atomic mass is 10.1. The van der Waals surface area contributed by atoms with Crippen LogP contribution in [-0.4, -0.2) is 45.2 Å². The Bertz CT molecular complexity index is 873. The molecular weight excluding hydrogens is 378 g/mol. The molecule has 0 spiro atoms. The van der Waals surface area contributed by atoms with Gasteiger partial charge in [-0.1, -0.05) is 12.1 Å².